The van der Waals surface area contributed by atoms with Crippen molar-refractivity contribution in [3.05, 3.63) is 0 Å². The maximum Gasteiger partial charge on any atom is 0.251 e. The first-order chi connectivity index (χ1) is 6.15. The van der Waals surface area contributed by atoms with E-state index in [1.807, 2.05) is 0 Å². The zero-order valence-corrected chi connectivity index (χ0v) is 8.08. The van der Waals surface area contributed by atoms with Gasteiger partial charge >= 0.3 is 0 Å². The number of ether oxygens (including phenoxy) is 1. The fourth-order valence-electron chi connectivity index (χ4n) is 1.38. The largest absolute Gasteiger partial charge is 0.372 e. The molecule has 1 heterocycles. The average molecular weight is 185 g/mol. The van der Waals surface area contributed by atoms with Crippen LogP contribution in [0.3, 0.4) is 0 Å². The lowest BCUT2D eigenvalue weighted by molar-refractivity contribution is -0.145. The highest BCUT2D eigenvalue weighted by Gasteiger charge is 2.24. The van der Waals surface area contributed by atoms with Gasteiger partial charge in [-0.05, 0) is 13.3 Å². The van der Waals surface area contributed by atoms with Gasteiger partial charge in [-0.3, -0.25) is 9.59 Å². The standard InChI is InChI=1S/C9H15NO3/c1-7(13-2)9(12)10-5-3-4-8(11)6-10/h7H,3-6H2,1-2H3. The highest BCUT2D eigenvalue weighted by atomic mass is 16.5. The van der Waals surface area contributed by atoms with Crippen molar-refractivity contribution in [3.63, 3.8) is 0 Å². The van der Waals surface area contributed by atoms with Crippen LogP contribution in [0.5, 0.6) is 0 Å². The summed E-state index contributed by atoms with van der Waals surface area (Å²) in [5.74, 6) is 0.0541. The first-order valence-corrected chi connectivity index (χ1v) is 4.48. The molecule has 0 spiro atoms. The van der Waals surface area contributed by atoms with Gasteiger partial charge in [0, 0.05) is 20.1 Å². The third-order valence-electron chi connectivity index (χ3n) is 2.26. The van der Waals surface area contributed by atoms with E-state index in [1.165, 1.54) is 7.11 Å². The SMILES string of the molecule is COC(C)C(=O)N1CCCC(=O)C1. The predicted molar refractivity (Wildman–Crippen MR) is 47.3 cm³/mol. The van der Waals surface area contributed by atoms with Crippen molar-refractivity contribution in [1.29, 1.82) is 0 Å². The van der Waals surface area contributed by atoms with E-state index in [9.17, 15) is 9.59 Å². The second kappa shape index (κ2) is 4.37. The number of hydrogen-bond acceptors (Lipinski definition) is 3. The normalized spacial score (nSPS) is 20.2. The Kier molecular flexibility index (Phi) is 3.42. The fraction of sp³-hybridized carbons (Fsp3) is 0.778. The number of rotatable bonds is 2. The summed E-state index contributed by atoms with van der Waals surface area (Å²) in [6, 6.07) is 0. The molecule has 1 unspecified atom stereocenters. The zero-order chi connectivity index (χ0) is 9.84. The van der Waals surface area contributed by atoms with Crippen LogP contribution in [0.15, 0.2) is 0 Å². The molecule has 0 aliphatic carbocycles. The van der Waals surface area contributed by atoms with Gasteiger partial charge in [0.2, 0.25) is 0 Å². The molecule has 1 aliphatic heterocycles. The topological polar surface area (TPSA) is 46.6 Å². The van der Waals surface area contributed by atoms with E-state index in [0.29, 0.717) is 13.0 Å². The van der Waals surface area contributed by atoms with E-state index in [4.69, 9.17) is 4.74 Å². The summed E-state index contributed by atoms with van der Waals surface area (Å²) in [7, 11) is 1.49. The van der Waals surface area contributed by atoms with Gasteiger partial charge in [-0.15, -0.1) is 0 Å². The highest BCUT2D eigenvalue weighted by Crippen LogP contribution is 2.08. The first kappa shape index (κ1) is 10.2. The summed E-state index contributed by atoms with van der Waals surface area (Å²) in [5.41, 5.74) is 0. The van der Waals surface area contributed by atoms with Crippen LogP contribution in [0.25, 0.3) is 0 Å². The van der Waals surface area contributed by atoms with Gasteiger partial charge in [-0.2, -0.15) is 0 Å². The molecule has 0 saturated carbocycles. The minimum atomic E-state index is -0.439. The van der Waals surface area contributed by atoms with Crippen molar-refractivity contribution < 1.29 is 14.3 Å². The number of piperidine rings is 1. The summed E-state index contributed by atoms with van der Waals surface area (Å²) in [4.78, 5) is 24.1. The number of methoxy groups -OCH3 is 1. The summed E-state index contributed by atoms with van der Waals surface area (Å²) in [6.45, 7) is 2.63. The number of Topliss-reactive ketones (excluding diaryl/α,β-unsaturated/α-hetero) is 1. The second-order valence-electron chi connectivity index (χ2n) is 3.28. The molecular formula is C9H15NO3. The summed E-state index contributed by atoms with van der Waals surface area (Å²) >= 11 is 0. The summed E-state index contributed by atoms with van der Waals surface area (Å²) in [6.07, 6.45) is 0.942. The Bertz CT molecular complexity index is 215. The minimum Gasteiger partial charge on any atom is -0.372 e. The molecule has 0 bridgehead atoms. The molecule has 0 aromatic carbocycles. The Morgan fingerprint density at radius 3 is 2.85 bits per heavy atom. The lowest BCUT2D eigenvalue weighted by Crippen LogP contribution is -2.44. The van der Waals surface area contributed by atoms with Crippen LogP contribution in [0.4, 0.5) is 0 Å². The van der Waals surface area contributed by atoms with Crippen LogP contribution in [-0.4, -0.2) is 42.9 Å². The van der Waals surface area contributed by atoms with Crippen molar-refractivity contribution in [2.45, 2.75) is 25.9 Å². The Morgan fingerprint density at radius 2 is 2.31 bits per heavy atom. The number of likely N-dealkylation sites (tertiary alicyclic amines) is 1. The van der Waals surface area contributed by atoms with E-state index in [1.54, 1.807) is 11.8 Å². The van der Waals surface area contributed by atoms with E-state index < -0.39 is 6.10 Å². The smallest absolute Gasteiger partial charge is 0.251 e. The average Bonchev–Trinajstić information content (AvgIpc) is 2.15. The quantitative estimate of drug-likeness (QED) is 0.618. The number of amides is 1. The monoisotopic (exact) mass is 185 g/mol. The number of carbonyl (C=O) groups is 2. The number of ketones is 1. The molecule has 4 heteroatoms. The molecular weight excluding hydrogens is 170 g/mol. The lowest BCUT2D eigenvalue weighted by Gasteiger charge is -2.27. The molecule has 1 saturated heterocycles. The molecule has 74 valence electrons. The molecule has 1 aliphatic rings. The lowest BCUT2D eigenvalue weighted by atomic mass is 10.1. The molecule has 0 N–H and O–H groups in total. The molecule has 4 nitrogen and oxygen atoms in total. The van der Waals surface area contributed by atoms with Gasteiger partial charge in [-0.25, -0.2) is 0 Å². The van der Waals surface area contributed by atoms with Crippen LogP contribution in [0, 0.1) is 0 Å². The number of nitrogens with zero attached hydrogens (tertiary/aromatic N) is 1. The minimum absolute atomic E-state index is 0.0875. The third kappa shape index (κ3) is 2.52. The van der Waals surface area contributed by atoms with Crippen molar-refractivity contribution in [2.75, 3.05) is 20.2 Å². The number of carbonyl (C=O) groups excluding carboxylic acids is 2. The molecule has 1 atom stereocenters. The van der Waals surface area contributed by atoms with Gasteiger partial charge in [-0.1, -0.05) is 0 Å². The van der Waals surface area contributed by atoms with Crippen molar-refractivity contribution in [3.8, 4) is 0 Å². The summed E-state index contributed by atoms with van der Waals surface area (Å²) in [5, 5.41) is 0. The Balaban J connectivity index is 2.50. The third-order valence-corrected chi connectivity index (χ3v) is 2.26. The second-order valence-corrected chi connectivity index (χ2v) is 3.28. The highest BCUT2D eigenvalue weighted by molar-refractivity contribution is 5.88. The Labute approximate surface area is 77.8 Å². The van der Waals surface area contributed by atoms with Crippen molar-refractivity contribution in [1.82, 2.24) is 4.90 Å². The number of hydrogen-bond donors (Lipinski definition) is 0. The van der Waals surface area contributed by atoms with Crippen LogP contribution in [-0.2, 0) is 14.3 Å². The summed E-state index contributed by atoms with van der Waals surface area (Å²) < 4.78 is 4.90. The van der Waals surface area contributed by atoms with E-state index >= 15 is 0 Å². The Morgan fingerprint density at radius 1 is 1.62 bits per heavy atom. The van der Waals surface area contributed by atoms with Crippen LogP contribution < -0.4 is 0 Å². The molecule has 0 aromatic rings. The first-order valence-electron chi connectivity index (χ1n) is 4.48. The van der Waals surface area contributed by atoms with Gasteiger partial charge < -0.3 is 9.64 Å². The van der Waals surface area contributed by atoms with Gasteiger partial charge in [0.25, 0.3) is 5.91 Å². The molecule has 1 fully saturated rings. The zero-order valence-electron chi connectivity index (χ0n) is 8.08. The van der Waals surface area contributed by atoms with Crippen LogP contribution >= 0.6 is 0 Å². The van der Waals surface area contributed by atoms with Crippen LogP contribution in [0.2, 0.25) is 0 Å². The van der Waals surface area contributed by atoms with Gasteiger partial charge in [0.1, 0.15) is 6.10 Å². The molecule has 0 aromatic heterocycles. The van der Waals surface area contributed by atoms with Crippen molar-refractivity contribution in [2.24, 2.45) is 0 Å². The molecule has 13 heavy (non-hydrogen) atoms. The van der Waals surface area contributed by atoms with E-state index in [2.05, 4.69) is 0 Å². The maximum atomic E-state index is 11.5. The Hall–Kier alpha value is -0.900. The molecule has 1 rings (SSSR count). The van der Waals surface area contributed by atoms with E-state index in [-0.39, 0.29) is 18.2 Å². The van der Waals surface area contributed by atoms with Gasteiger partial charge in [0.15, 0.2) is 5.78 Å². The van der Waals surface area contributed by atoms with Crippen LogP contribution in [0.1, 0.15) is 19.8 Å². The molecule has 0 radical (unpaired) electrons. The predicted octanol–water partition coefficient (Wildman–Crippen LogP) is 0.213. The maximum absolute atomic E-state index is 11.5. The molecule has 1 amide bonds. The van der Waals surface area contributed by atoms with Crippen molar-refractivity contribution >= 4 is 11.7 Å². The van der Waals surface area contributed by atoms with E-state index in [0.717, 1.165) is 6.42 Å². The van der Waals surface area contributed by atoms with Gasteiger partial charge in [0.05, 0.1) is 6.54 Å². The fourth-order valence-corrected chi connectivity index (χ4v) is 1.38.